The van der Waals surface area contributed by atoms with Crippen LogP contribution < -0.4 is 32.8 Å². The van der Waals surface area contributed by atoms with Crippen molar-refractivity contribution in [3.8, 4) is 50.5 Å². The summed E-state index contributed by atoms with van der Waals surface area (Å²) in [6, 6.07) is 55.1. The van der Waals surface area contributed by atoms with Gasteiger partial charge in [0.25, 0.3) is 0 Å². The van der Waals surface area contributed by atoms with Crippen LogP contribution in [0.2, 0.25) is 0 Å². The first-order valence-electron chi connectivity index (χ1n) is 20.7. The Bertz CT molecular complexity index is 3510. The highest BCUT2D eigenvalue weighted by atomic mass is 16.3. The van der Waals surface area contributed by atoms with E-state index in [2.05, 4.69) is 172 Å². The van der Waals surface area contributed by atoms with Crippen LogP contribution in [0.3, 0.4) is 0 Å². The van der Waals surface area contributed by atoms with Crippen LogP contribution in [0, 0.1) is 0 Å². The molecule has 8 aromatic carbocycles. The minimum Gasteiger partial charge on any atom is -0.507 e. The van der Waals surface area contributed by atoms with Gasteiger partial charge < -0.3 is 5.11 Å². The van der Waals surface area contributed by atoms with Gasteiger partial charge in [0.1, 0.15) is 5.75 Å². The lowest BCUT2D eigenvalue weighted by Gasteiger charge is -2.35. The summed E-state index contributed by atoms with van der Waals surface area (Å²) >= 11 is 0. The largest absolute Gasteiger partial charge is 0.507 e. The van der Waals surface area contributed by atoms with Gasteiger partial charge in [-0.2, -0.15) is 0 Å². The molecular weight excluding hydrogens is 714 g/mol. The number of nitrogens with zero attached hydrogens (tertiary/aromatic N) is 2. The van der Waals surface area contributed by atoms with Gasteiger partial charge in [0, 0.05) is 28.3 Å². The molecule has 5 heterocycles. The first kappa shape index (κ1) is 33.0. The number of aromatic nitrogens is 2. The zero-order chi connectivity index (χ0) is 39.3. The minimum atomic E-state index is -0.117. The Morgan fingerprint density at radius 2 is 1.19 bits per heavy atom. The van der Waals surface area contributed by atoms with Crippen LogP contribution in [0.15, 0.2) is 158 Å². The number of fused-ring (bicyclic) bond motifs is 10. The zero-order valence-electron chi connectivity index (χ0n) is 33.0. The van der Waals surface area contributed by atoms with Crippen molar-refractivity contribution in [2.75, 3.05) is 0 Å². The molecule has 2 aromatic heterocycles. The van der Waals surface area contributed by atoms with Crippen molar-refractivity contribution in [1.82, 2.24) is 9.97 Å². The van der Waals surface area contributed by atoms with E-state index in [1.807, 2.05) is 6.20 Å². The van der Waals surface area contributed by atoms with Gasteiger partial charge in [-0.05, 0) is 97.1 Å². The number of hydrogen-bond donors (Lipinski definition) is 1. The summed E-state index contributed by atoms with van der Waals surface area (Å²) in [5, 5.41) is 21.0. The zero-order valence-corrected chi connectivity index (χ0v) is 33.0. The Morgan fingerprint density at radius 3 is 1.98 bits per heavy atom. The summed E-state index contributed by atoms with van der Waals surface area (Å²) < 4.78 is 0. The quantitative estimate of drug-likeness (QED) is 0.145. The minimum absolute atomic E-state index is 0.0428. The predicted molar refractivity (Wildman–Crippen MR) is 250 cm³/mol. The third-order valence-electron chi connectivity index (χ3n) is 13.6. The lowest BCUT2D eigenvalue weighted by Crippen LogP contribution is -2.74. The van der Waals surface area contributed by atoms with Crippen molar-refractivity contribution in [2.45, 2.75) is 26.2 Å². The van der Waals surface area contributed by atoms with Crippen molar-refractivity contribution < 1.29 is 5.11 Å². The second-order valence-corrected chi connectivity index (χ2v) is 17.8. The maximum Gasteiger partial charge on any atom is 0.241 e. The first-order valence-corrected chi connectivity index (χ1v) is 20.7. The molecule has 0 radical (unpaired) electrons. The highest BCUT2D eigenvalue weighted by molar-refractivity contribution is 7.15. The Kier molecular flexibility index (Phi) is 6.49. The molecule has 1 N–H and O–H groups in total. The SMILES string of the molecule is CC(C)(C)c1cc(-c2cc(-c3ccccc3)ccn2)cc(-c2ccc3c4ccc5cccc6c5c4c4c5c7c(c(O)c4c3n2)-c2ccccc2B7c2ccccc2B65)c1. The van der Waals surface area contributed by atoms with Gasteiger partial charge in [-0.25, -0.2) is 4.98 Å². The number of aromatic hydroxyl groups is 1. The molecule has 10 aromatic rings. The van der Waals surface area contributed by atoms with Crippen LogP contribution in [0.4, 0.5) is 0 Å². The first-order chi connectivity index (χ1) is 28.8. The molecule has 3 aliphatic rings. The average Bonchev–Trinajstić information content (AvgIpc) is 3.63. The number of rotatable bonds is 3. The van der Waals surface area contributed by atoms with Gasteiger partial charge in [-0.3, -0.25) is 4.98 Å². The van der Waals surface area contributed by atoms with Crippen molar-refractivity contribution in [1.29, 1.82) is 0 Å². The van der Waals surface area contributed by atoms with E-state index in [1.54, 1.807) is 0 Å². The second-order valence-electron chi connectivity index (χ2n) is 17.8. The topological polar surface area (TPSA) is 46.0 Å². The van der Waals surface area contributed by atoms with E-state index in [1.165, 1.54) is 59.9 Å². The number of phenols is 1. The van der Waals surface area contributed by atoms with E-state index in [-0.39, 0.29) is 18.8 Å². The normalized spacial score (nSPS) is 13.3. The van der Waals surface area contributed by atoms with E-state index >= 15 is 0 Å². The van der Waals surface area contributed by atoms with E-state index in [9.17, 15) is 5.11 Å². The third kappa shape index (κ3) is 4.40. The highest BCUT2D eigenvalue weighted by Gasteiger charge is 2.48. The van der Waals surface area contributed by atoms with Gasteiger partial charge in [0.05, 0.1) is 22.3 Å². The molecule has 0 saturated heterocycles. The Morgan fingerprint density at radius 1 is 0.492 bits per heavy atom. The lowest BCUT2D eigenvalue weighted by atomic mass is 9.21. The Balaban J connectivity index is 1.14. The van der Waals surface area contributed by atoms with E-state index in [0.29, 0.717) is 5.75 Å². The molecule has 13 rings (SSSR count). The number of phenolic OH excluding ortho intramolecular Hbond substituents is 1. The van der Waals surface area contributed by atoms with Crippen LogP contribution in [-0.4, -0.2) is 28.5 Å². The van der Waals surface area contributed by atoms with E-state index < -0.39 is 0 Å². The highest BCUT2D eigenvalue weighted by Crippen LogP contribution is 2.47. The Hall–Kier alpha value is -6.97. The summed E-state index contributed by atoms with van der Waals surface area (Å²) in [5.41, 5.74) is 18.1. The van der Waals surface area contributed by atoms with Gasteiger partial charge in [0.15, 0.2) is 0 Å². The molecule has 3 nitrogen and oxygen atoms in total. The molecule has 0 aliphatic carbocycles. The van der Waals surface area contributed by atoms with Crippen LogP contribution in [0.1, 0.15) is 26.3 Å². The monoisotopic (exact) mass is 750 g/mol. The molecule has 0 fully saturated rings. The average molecular weight is 751 g/mol. The molecule has 0 atom stereocenters. The van der Waals surface area contributed by atoms with Crippen LogP contribution in [0.25, 0.3) is 88.0 Å². The van der Waals surface area contributed by atoms with Crippen molar-refractivity contribution >= 4 is 89.4 Å². The predicted octanol–water partition coefficient (Wildman–Crippen LogP) is 8.73. The van der Waals surface area contributed by atoms with Crippen molar-refractivity contribution in [3.05, 3.63) is 163 Å². The molecule has 59 heavy (non-hydrogen) atoms. The molecule has 5 heteroatoms. The number of benzene rings is 8. The fraction of sp³-hybridized carbons (Fsp3) is 0.0741. The standard InChI is InChI=1S/C54H36B2N2O/c1-54(2,3)35-27-33(26-34(28-35)44-29-32(24-25-57-44)30-12-5-4-6-13-30)43-23-22-37-36-21-20-31-14-11-19-42-45(31)46(36)48-49(52(37)58-43)53(59)47-38-15-7-8-16-39(38)55-40-17-9-10-18-41(40)56(42)51(48)50(47)55/h4-29,59H,1-3H3. The van der Waals surface area contributed by atoms with Gasteiger partial charge >= 0.3 is 0 Å². The smallest absolute Gasteiger partial charge is 0.241 e. The molecule has 0 saturated carbocycles. The maximum atomic E-state index is 13.0. The van der Waals surface area contributed by atoms with E-state index in [0.717, 1.165) is 66.4 Å². The molecule has 0 bridgehead atoms. The van der Waals surface area contributed by atoms with E-state index in [4.69, 9.17) is 9.97 Å². The fourth-order valence-corrected chi connectivity index (χ4v) is 11.0. The van der Waals surface area contributed by atoms with Crippen molar-refractivity contribution in [2.24, 2.45) is 0 Å². The third-order valence-corrected chi connectivity index (χ3v) is 13.6. The van der Waals surface area contributed by atoms with Gasteiger partial charge in [-0.1, -0.05) is 163 Å². The fourth-order valence-electron chi connectivity index (χ4n) is 11.0. The van der Waals surface area contributed by atoms with Gasteiger partial charge in [-0.15, -0.1) is 0 Å². The number of pyridine rings is 2. The van der Waals surface area contributed by atoms with Crippen molar-refractivity contribution in [3.63, 3.8) is 0 Å². The van der Waals surface area contributed by atoms with Crippen LogP contribution in [-0.2, 0) is 5.41 Å². The van der Waals surface area contributed by atoms with Gasteiger partial charge in [0.2, 0.25) is 13.4 Å². The van der Waals surface area contributed by atoms with Crippen LogP contribution in [0.5, 0.6) is 5.75 Å². The molecule has 274 valence electrons. The molecular formula is C54H36B2N2O. The summed E-state index contributed by atoms with van der Waals surface area (Å²) in [6.07, 6.45) is 1.91. The molecule has 3 aliphatic heterocycles. The number of hydrogen-bond acceptors (Lipinski definition) is 3. The summed E-state index contributed by atoms with van der Waals surface area (Å²) in [7, 11) is 0. The van der Waals surface area contributed by atoms with Crippen LogP contribution >= 0.6 is 0 Å². The summed E-state index contributed by atoms with van der Waals surface area (Å²) in [4.78, 5) is 10.6. The Labute approximate surface area is 343 Å². The summed E-state index contributed by atoms with van der Waals surface area (Å²) in [5.74, 6) is 0.339. The molecule has 0 spiro atoms. The summed E-state index contributed by atoms with van der Waals surface area (Å²) in [6.45, 7) is 6.89. The second kappa shape index (κ2) is 11.6. The maximum absolute atomic E-state index is 13.0. The molecule has 0 amide bonds. The lowest BCUT2D eigenvalue weighted by molar-refractivity contribution is 0.484. The molecule has 0 unspecified atom stereocenters.